The Balaban J connectivity index is 2.11. The maximum absolute atomic E-state index is 14.2. The lowest BCUT2D eigenvalue weighted by molar-refractivity contribution is -0.140. The van der Waals surface area contributed by atoms with Crippen molar-refractivity contribution in [2.45, 2.75) is 45.3 Å². The summed E-state index contributed by atoms with van der Waals surface area (Å²) in [7, 11) is -1.08. The number of nitrogens with zero attached hydrogens (tertiary/aromatic N) is 2. The van der Waals surface area contributed by atoms with Gasteiger partial charge in [0.2, 0.25) is 21.8 Å². The van der Waals surface area contributed by atoms with Gasteiger partial charge in [0, 0.05) is 30.1 Å². The van der Waals surface area contributed by atoms with Crippen LogP contribution in [0.1, 0.15) is 31.4 Å². The molecular formula is C31H38ClN3O6S. The largest absolute Gasteiger partial charge is 0.497 e. The number of sulfonamides is 1. The second-order valence-electron chi connectivity index (χ2n) is 9.94. The van der Waals surface area contributed by atoms with E-state index in [-0.39, 0.29) is 36.4 Å². The second-order valence-corrected chi connectivity index (χ2v) is 12.3. The molecule has 9 nitrogen and oxygen atoms in total. The maximum atomic E-state index is 14.2. The lowest BCUT2D eigenvalue weighted by atomic mass is 10.0. The van der Waals surface area contributed by atoms with Crippen LogP contribution in [0.3, 0.4) is 0 Å². The number of carbonyl (C=O) groups is 2. The van der Waals surface area contributed by atoms with Gasteiger partial charge in [-0.05, 0) is 42.7 Å². The molecule has 0 saturated heterocycles. The summed E-state index contributed by atoms with van der Waals surface area (Å²) >= 11 is 6.49. The smallest absolute Gasteiger partial charge is 0.244 e. The van der Waals surface area contributed by atoms with Crippen molar-refractivity contribution in [1.82, 2.24) is 10.2 Å². The molecule has 2 amide bonds. The van der Waals surface area contributed by atoms with E-state index in [4.69, 9.17) is 21.1 Å². The van der Waals surface area contributed by atoms with Crippen LogP contribution < -0.4 is 19.1 Å². The Morgan fingerprint density at radius 1 is 0.976 bits per heavy atom. The van der Waals surface area contributed by atoms with Gasteiger partial charge in [-0.1, -0.05) is 67.1 Å². The number of ether oxygens (including phenoxy) is 2. The Morgan fingerprint density at radius 2 is 1.64 bits per heavy atom. The Labute approximate surface area is 253 Å². The van der Waals surface area contributed by atoms with Gasteiger partial charge in [-0.2, -0.15) is 0 Å². The quantitative estimate of drug-likeness (QED) is 0.282. The fraction of sp³-hybridized carbons (Fsp3) is 0.355. The fourth-order valence-electron chi connectivity index (χ4n) is 4.39. The maximum Gasteiger partial charge on any atom is 0.244 e. The fourth-order valence-corrected chi connectivity index (χ4v) is 5.44. The Morgan fingerprint density at radius 3 is 2.24 bits per heavy atom. The van der Waals surface area contributed by atoms with Crippen LogP contribution in [0.5, 0.6) is 11.5 Å². The van der Waals surface area contributed by atoms with Gasteiger partial charge in [0.1, 0.15) is 24.1 Å². The SMILES string of the molecule is CC[C@H](C)NC(=O)[C@@H](Cc1ccccc1)N(Cc1ccccc1Cl)C(=O)CN(c1ccc(OC)cc1OC)S(C)(=O)=O. The van der Waals surface area contributed by atoms with Gasteiger partial charge in [0.25, 0.3) is 0 Å². The Kier molecular flexibility index (Phi) is 11.6. The number of methoxy groups -OCH3 is 2. The molecule has 11 heteroatoms. The number of halogens is 1. The van der Waals surface area contributed by atoms with Crippen molar-refractivity contribution in [2.24, 2.45) is 0 Å². The highest BCUT2D eigenvalue weighted by atomic mass is 35.5. The first-order valence-corrected chi connectivity index (χ1v) is 15.8. The average Bonchev–Trinajstić information content (AvgIpc) is 2.97. The molecule has 0 fully saturated rings. The molecule has 3 rings (SSSR count). The number of nitrogens with one attached hydrogen (secondary N) is 1. The van der Waals surface area contributed by atoms with E-state index in [1.165, 1.54) is 31.3 Å². The average molecular weight is 616 g/mol. The summed E-state index contributed by atoms with van der Waals surface area (Å²) in [6, 6.07) is 20.0. The highest BCUT2D eigenvalue weighted by Gasteiger charge is 2.34. The van der Waals surface area contributed by atoms with Crippen LogP contribution >= 0.6 is 11.6 Å². The van der Waals surface area contributed by atoms with E-state index in [2.05, 4.69) is 5.32 Å². The van der Waals surface area contributed by atoms with Crippen LogP contribution in [-0.4, -0.2) is 64.2 Å². The zero-order valence-corrected chi connectivity index (χ0v) is 26.1. The van der Waals surface area contributed by atoms with Crippen LogP contribution in [-0.2, 0) is 32.6 Å². The van der Waals surface area contributed by atoms with Crippen molar-refractivity contribution in [2.75, 3.05) is 31.3 Å². The molecule has 226 valence electrons. The van der Waals surface area contributed by atoms with Crippen molar-refractivity contribution >= 4 is 39.1 Å². The summed E-state index contributed by atoms with van der Waals surface area (Å²) in [5, 5.41) is 3.42. The first kappa shape index (κ1) is 32.8. The monoisotopic (exact) mass is 615 g/mol. The van der Waals surface area contributed by atoms with E-state index >= 15 is 0 Å². The number of hydrogen-bond acceptors (Lipinski definition) is 6. The van der Waals surface area contributed by atoms with Gasteiger partial charge >= 0.3 is 0 Å². The molecule has 1 N–H and O–H groups in total. The van der Waals surface area contributed by atoms with Gasteiger partial charge in [-0.3, -0.25) is 13.9 Å². The zero-order valence-electron chi connectivity index (χ0n) is 24.5. The third-order valence-corrected chi connectivity index (χ3v) is 8.40. The zero-order chi connectivity index (χ0) is 30.9. The second kappa shape index (κ2) is 14.9. The van der Waals surface area contributed by atoms with Gasteiger partial charge in [0.05, 0.1) is 26.2 Å². The minimum absolute atomic E-state index is 0.0126. The molecular weight excluding hydrogens is 578 g/mol. The van der Waals surface area contributed by atoms with Crippen LogP contribution in [0.25, 0.3) is 0 Å². The predicted molar refractivity (Wildman–Crippen MR) is 166 cm³/mol. The number of benzene rings is 3. The highest BCUT2D eigenvalue weighted by molar-refractivity contribution is 7.92. The summed E-state index contributed by atoms with van der Waals surface area (Å²) in [5.41, 5.74) is 1.63. The lowest BCUT2D eigenvalue weighted by Crippen LogP contribution is -2.54. The molecule has 42 heavy (non-hydrogen) atoms. The summed E-state index contributed by atoms with van der Waals surface area (Å²) in [6.07, 6.45) is 1.92. The standard InChI is InChI=1S/C31H38ClN3O6S/c1-6-22(2)33-31(37)28(18-23-12-8-7-9-13-23)34(20-24-14-10-11-15-26(24)32)30(36)21-35(42(5,38)39)27-17-16-25(40-3)19-29(27)41-4/h7-17,19,22,28H,6,18,20-21H2,1-5H3,(H,33,37)/t22-,28+/m0/s1. The van der Waals surface area contributed by atoms with Crippen molar-refractivity contribution in [3.63, 3.8) is 0 Å². The molecule has 0 radical (unpaired) electrons. The van der Waals surface area contributed by atoms with E-state index in [1.54, 1.807) is 30.3 Å². The molecule has 0 aromatic heterocycles. The third kappa shape index (κ3) is 8.62. The van der Waals surface area contributed by atoms with Gasteiger partial charge < -0.3 is 19.7 Å². The molecule has 0 unspecified atom stereocenters. The number of carbonyl (C=O) groups excluding carboxylic acids is 2. The number of amides is 2. The van der Waals surface area contributed by atoms with E-state index in [0.717, 1.165) is 16.1 Å². The molecule has 0 spiro atoms. The van der Waals surface area contributed by atoms with Gasteiger partial charge in [-0.25, -0.2) is 8.42 Å². The van der Waals surface area contributed by atoms with Crippen LogP contribution in [0.2, 0.25) is 5.02 Å². The van der Waals surface area contributed by atoms with E-state index in [1.807, 2.05) is 44.2 Å². The number of hydrogen-bond donors (Lipinski definition) is 1. The molecule has 2 atom stereocenters. The third-order valence-electron chi connectivity index (χ3n) is 6.91. The summed E-state index contributed by atoms with van der Waals surface area (Å²) in [5.74, 6) is -0.263. The van der Waals surface area contributed by atoms with Gasteiger partial charge in [-0.15, -0.1) is 0 Å². The normalized spacial score (nSPS) is 12.6. The number of anilines is 1. The minimum Gasteiger partial charge on any atom is -0.497 e. The van der Waals surface area contributed by atoms with Crippen molar-refractivity contribution in [1.29, 1.82) is 0 Å². The van der Waals surface area contributed by atoms with Crippen molar-refractivity contribution in [3.05, 3.63) is 88.9 Å². The number of rotatable bonds is 14. The van der Waals surface area contributed by atoms with E-state index in [9.17, 15) is 18.0 Å². The highest BCUT2D eigenvalue weighted by Crippen LogP contribution is 2.34. The Hall–Kier alpha value is -3.76. The van der Waals surface area contributed by atoms with Crippen LogP contribution in [0.15, 0.2) is 72.8 Å². The molecule has 0 aliphatic carbocycles. The molecule has 0 heterocycles. The predicted octanol–water partition coefficient (Wildman–Crippen LogP) is 4.68. The molecule has 3 aromatic rings. The van der Waals surface area contributed by atoms with Gasteiger partial charge in [0.15, 0.2) is 0 Å². The van der Waals surface area contributed by atoms with Crippen molar-refractivity contribution < 1.29 is 27.5 Å². The van der Waals surface area contributed by atoms with Crippen LogP contribution in [0, 0.1) is 0 Å². The summed E-state index contributed by atoms with van der Waals surface area (Å²) < 4.78 is 37.8. The molecule has 3 aromatic carbocycles. The first-order chi connectivity index (χ1) is 20.0. The van der Waals surface area contributed by atoms with E-state index in [0.29, 0.717) is 22.8 Å². The summed E-state index contributed by atoms with van der Waals surface area (Å²) in [6.45, 7) is 3.25. The topological polar surface area (TPSA) is 105 Å². The van der Waals surface area contributed by atoms with Crippen LogP contribution in [0.4, 0.5) is 5.69 Å². The van der Waals surface area contributed by atoms with E-state index < -0.39 is 28.5 Å². The minimum atomic E-state index is -3.97. The van der Waals surface area contributed by atoms with Crippen molar-refractivity contribution in [3.8, 4) is 11.5 Å². The Bertz CT molecular complexity index is 1470. The summed E-state index contributed by atoms with van der Waals surface area (Å²) in [4.78, 5) is 29.4. The molecule has 0 aliphatic heterocycles. The molecule has 0 saturated carbocycles. The molecule has 0 aliphatic rings. The first-order valence-electron chi connectivity index (χ1n) is 13.5. The lowest BCUT2D eigenvalue weighted by Gasteiger charge is -2.34. The molecule has 0 bridgehead atoms.